The Morgan fingerprint density at radius 1 is 1.33 bits per heavy atom. The highest BCUT2D eigenvalue weighted by atomic mass is 32.2. The highest BCUT2D eigenvalue weighted by Crippen LogP contribution is 2.33. The zero-order chi connectivity index (χ0) is 6.69. The zero-order valence-electron chi connectivity index (χ0n) is 5.24. The van der Waals surface area contributed by atoms with Crippen LogP contribution in [0.25, 0.3) is 0 Å². The Morgan fingerprint density at radius 2 is 2.11 bits per heavy atom. The Bertz CT molecular complexity index is 189. The summed E-state index contributed by atoms with van der Waals surface area (Å²) in [7, 11) is 0. The lowest BCUT2D eigenvalue weighted by Gasteiger charge is -1.86. The minimum atomic E-state index is 1.08. The third-order valence-electron chi connectivity index (χ3n) is 1.25. The summed E-state index contributed by atoms with van der Waals surface area (Å²) in [6.45, 7) is 7.15. The number of hydrogen-bond acceptors (Lipinski definition) is 1. The molecule has 0 aliphatic carbocycles. The molecule has 1 saturated heterocycles. The van der Waals surface area contributed by atoms with Gasteiger partial charge >= 0.3 is 0 Å². The summed E-state index contributed by atoms with van der Waals surface area (Å²) in [5, 5.41) is 0. The van der Waals surface area contributed by atoms with Crippen LogP contribution in [0.3, 0.4) is 0 Å². The molecular weight excluding hydrogens is 128 g/mol. The van der Waals surface area contributed by atoms with E-state index in [-0.39, 0.29) is 0 Å². The van der Waals surface area contributed by atoms with Gasteiger partial charge in [0.2, 0.25) is 0 Å². The molecule has 0 amide bonds. The third-order valence-corrected chi connectivity index (χ3v) is 2.33. The zero-order valence-corrected chi connectivity index (χ0v) is 6.05. The second-order valence-corrected chi connectivity index (χ2v) is 2.86. The molecule has 9 heavy (non-hydrogen) atoms. The van der Waals surface area contributed by atoms with Gasteiger partial charge < -0.3 is 0 Å². The van der Waals surface area contributed by atoms with E-state index in [4.69, 9.17) is 0 Å². The van der Waals surface area contributed by atoms with E-state index >= 15 is 0 Å². The summed E-state index contributed by atoms with van der Waals surface area (Å²) in [4.78, 5) is 1.13. The molecule has 0 spiro atoms. The molecule has 0 radical (unpaired) electrons. The van der Waals surface area contributed by atoms with Crippen LogP contribution in [-0.2, 0) is 0 Å². The van der Waals surface area contributed by atoms with Crippen LogP contribution in [0.2, 0.25) is 0 Å². The highest BCUT2D eigenvalue weighted by Gasteiger charge is 2.11. The average molecular weight is 136 g/mol. The van der Waals surface area contributed by atoms with E-state index in [0.29, 0.717) is 0 Å². The van der Waals surface area contributed by atoms with Crippen LogP contribution in [0.4, 0.5) is 0 Å². The van der Waals surface area contributed by atoms with E-state index in [1.165, 1.54) is 5.57 Å². The molecule has 0 atom stereocenters. The van der Waals surface area contributed by atoms with E-state index in [2.05, 4.69) is 24.6 Å². The lowest BCUT2D eigenvalue weighted by Crippen LogP contribution is -1.69. The van der Waals surface area contributed by atoms with Gasteiger partial charge in [0.15, 0.2) is 0 Å². The summed E-state index contributed by atoms with van der Waals surface area (Å²) < 4.78 is 0. The van der Waals surface area contributed by atoms with Crippen LogP contribution in [0.15, 0.2) is 35.1 Å². The van der Waals surface area contributed by atoms with Crippen LogP contribution >= 0.6 is 11.8 Å². The largest absolute Gasteiger partial charge is 0.123 e. The second kappa shape index (κ2) is 2.80. The minimum Gasteiger partial charge on any atom is -0.123 e. The number of allylic oxidation sites excluding steroid dienone is 1. The molecule has 1 fully saturated rings. The van der Waals surface area contributed by atoms with Crippen molar-refractivity contribution < 1.29 is 0 Å². The van der Waals surface area contributed by atoms with Crippen LogP contribution in [0.1, 0.15) is 6.42 Å². The van der Waals surface area contributed by atoms with Crippen LogP contribution < -0.4 is 0 Å². The van der Waals surface area contributed by atoms with Gasteiger partial charge in [-0.3, -0.25) is 0 Å². The van der Waals surface area contributed by atoms with Gasteiger partial charge in [-0.05, 0) is 6.42 Å². The van der Waals surface area contributed by atoms with Crippen LogP contribution in [-0.4, -0.2) is 5.75 Å². The smallest absolute Gasteiger partial charge is 0.0596 e. The molecule has 46 valence electrons. The quantitative estimate of drug-likeness (QED) is 0.461. The Morgan fingerprint density at radius 3 is 2.56 bits per heavy atom. The van der Waals surface area contributed by atoms with Crippen molar-refractivity contribution in [2.24, 2.45) is 0 Å². The van der Waals surface area contributed by atoms with E-state index in [9.17, 15) is 0 Å². The molecule has 0 nitrogen and oxygen atoms in total. The molecule has 1 aliphatic rings. The Kier molecular flexibility index (Phi) is 2.02. The monoisotopic (exact) mass is 136 g/mol. The molecule has 0 N–H and O–H groups in total. The normalized spacial score (nSPS) is 17.3. The van der Waals surface area contributed by atoms with E-state index in [1.807, 2.05) is 0 Å². The summed E-state index contributed by atoms with van der Waals surface area (Å²) in [6.07, 6.45) is 1.08. The number of hydrogen-bond donors (Lipinski definition) is 0. The summed E-state index contributed by atoms with van der Waals surface area (Å²) in [5.41, 5.74) is 6.90. The van der Waals surface area contributed by atoms with Crippen molar-refractivity contribution in [1.82, 2.24) is 0 Å². The Balaban J connectivity index is 3.01. The second-order valence-electron chi connectivity index (χ2n) is 1.76. The number of rotatable bonds is 0. The Hall–Kier alpha value is -0.610. The average Bonchev–Trinajstić information content (AvgIpc) is 2.33. The molecule has 0 unspecified atom stereocenters. The maximum atomic E-state index is 3.58. The molecule has 0 saturated carbocycles. The van der Waals surface area contributed by atoms with Gasteiger partial charge in [-0.25, -0.2) is 0 Å². The first-order valence-corrected chi connectivity index (χ1v) is 3.79. The van der Waals surface area contributed by atoms with Crippen molar-refractivity contribution in [1.29, 1.82) is 0 Å². The lowest BCUT2D eigenvalue weighted by atomic mass is 10.2. The fraction of sp³-hybridized carbons (Fsp3) is 0.250. The van der Waals surface area contributed by atoms with Crippen molar-refractivity contribution in [3.63, 3.8) is 0 Å². The van der Waals surface area contributed by atoms with Crippen molar-refractivity contribution in [3.05, 3.63) is 35.1 Å². The van der Waals surface area contributed by atoms with Crippen molar-refractivity contribution in [2.75, 3.05) is 5.75 Å². The number of thioether (sulfide) groups is 1. The van der Waals surface area contributed by atoms with Crippen molar-refractivity contribution >= 4 is 11.8 Å². The van der Waals surface area contributed by atoms with E-state index in [0.717, 1.165) is 17.1 Å². The first-order valence-electron chi connectivity index (χ1n) is 2.80. The van der Waals surface area contributed by atoms with Gasteiger partial charge in [-0.1, -0.05) is 13.2 Å². The van der Waals surface area contributed by atoms with Gasteiger partial charge in [-0.15, -0.1) is 23.2 Å². The maximum Gasteiger partial charge on any atom is 0.0596 e. The molecular formula is C8H8S. The predicted octanol–water partition coefficient (Wildman–Crippen LogP) is 2.50. The van der Waals surface area contributed by atoms with Crippen molar-refractivity contribution in [2.45, 2.75) is 6.42 Å². The maximum absolute atomic E-state index is 3.58. The van der Waals surface area contributed by atoms with E-state index < -0.39 is 0 Å². The lowest BCUT2D eigenvalue weighted by molar-refractivity contribution is 1.20. The minimum absolute atomic E-state index is 1.08. The van der Waals surface area contributed by atoms with Gasteiger partial charge in [-0.2, -0.15) is 0 Å². The molecule has 1 heterocycles. The first-order chi connectivity index (χ1) is 4.38. The Labute approximate surface area is 59.7 Å². The van der Waals surface area contributed by atoms with Gasteiger partial charge in [0.05, 0.1) is 4.91 Å². The van der Waals surface area contributed by atoms with Crippen molar-refractivity contribution in [3.8, 4) is 0 Å². The van der Waals surface area contributed by atoms with Crippen LogP contribution in [0, 0.1) is 0 Å². The van der Waals surface area contributed by atoms with Gasteiger partial charge in [0.1, 0.15) is 0 Å². The highest BCUT2D eigenvalue weighted by molar-refractivity contribution is 8.03. The molecule has 1 aliphatic heterocycles. The third kappa shape index (κ3) is 1.20. The molecule has 1 rings (SSSR count). The molecule has 1 heteroatoms. The topological polar surface area (TPSA) is 0 Å². The summed E-state index contributed by atoms with van der Waals surface area (Å²) >= 11 is 1.78. The SMILES string of the molecule is C=C=C1CCSC1=C=C. The fourth-order valence-corrected chi connectivity index (χ4v) is 1.74. The first kappa shape index (κ1) is 6.51. The molecule has 0 bridgehead atoms. The summed E-state index contributed by atoms with van der Waals surface area (Å²) in [6, 6.07) is 0. The van der Waals surface area contributed by atoms with E-state index in [1.54, 1.807) is 11.8 Å². The summed E-state index contributed by atoms with van der Waals surface area (Å²) in [5.74, 6) is 1.13. The molecule has 0 aromatic rings. The van der Waals surface area contributed by atoms with Gasteiger partial charge in [0.25, 0.3) is 0 Å². The standard InChI is InChI=1S/C8H8S/c1-3-7-5-6-9-8(7)4-2/h1-2,5-6H2. The fourth-order valence-electron chi connectivity index (χ4n) is 0.782. The molecule has 0 aromatic heterocycles. The van der Waals surface area contributed by atoms with Gasteiger partial charge in [0, 0.05) is 11.3 Å². The molecule has 0 aromatic carbocycles. The van der Waals surface area contributed by atoms with Crippen LogP contribution in [0.5, 0.6) is 0 Å². The predicted molar refractivity (Wildman–Crippen MR) is 42.4 cm³/mol.